The normalized spacial score (nSPS) is 10.5. The topological polar surface area (TPSA) is 12.9 Å². The summed E-state index contributed by atoms with van der Waals surface area (Å²) in [6.07, 6.45) is 1.74. The maximum Gasteiger partial charge on any atom is 0.0780 e. The summed E-state index contributed by atoms with van der Waals surface area (Å²) in [7, 11) is 0. The Labute approximate surface area is 94.4 Å². The Balaban J connectivity index is 2.32. The van der Waals surface area contributed by atoms with Crippen LogP contribution in [-0.4, -0.2) is 4.98 Å². The van der Waals surface area contributed by atoms with E-state index in [0.29, 0.717) is 0 Å². The van der Waals surface area contributed by atoms with Gasteiger partial charge >= 0.3 is 0 Å². The lowest BCUT2D eigenvalue weighted by Gasteiger charge is -2.04. The largest absolute Gasteiger partial charge is 0.255 e. The Hall–Kier alpha value is -2.15. The predicted molar refractivity (Wildman–Crippen MR) is 66.0 cm³/mol. The van der Waals surface area contributed by atoms with E-state index < -0.39 is 0 Å². The quantitative estimate of drug-likeness (QED) is 0.589. The first-order chi connectivity index (χ1) is 7.95. The van der Waals surface area contributed by atoms with Crippen molar-refractivity contribution < 1.29 is 0 Å². The third-order valence-electron chi connectivity index (χ3n) is 2.64. The molecule has 0 aliphatic heterocycles. The number of pyridine rings is 1. The molecule has 0 saturated heterocycles. The summed E-state index contributed by atoms with van der Waals surface area (Å²) in [6, 6.07) is 21.6. The van der Waals surface area contributed by atoms with E-state index in [1.807, 2.05) is 30.3 Å². The molecule has 1 nitrogen and oxygen atoms in total. The molecule has 0 N–H and O–H groups in total. The number of fused-ring (bicyclic) bond motifs is 1. The van der Waals surface area contributed by atoms with Crippen LogP contribution in [0, 0.1) is 6.07 Å². The highest BCUT2D eigenvalue weighted by Gasteiger charge is 2.03. The van der Waals surface area contributed by atoms with Gasteiger partial charge in [-0.15, -0.1) is 0 Å². The molecular formula is C15H10N. The van der Waals surface area contributed by atoms with Crippen LogP contribution in [0.5, 0.6) is 0 Å². The molecular weight excluding hydrogens is 194 g/mol. The summed E-state index contributed by atoms with van der Waals surface area (Å²) in [5.74, 6) is 0. The van der Waals surface area contributed by atoms with Gasteiger partial charge in [0.05, 0.1) is 5.69 Å². The van der Waals surface area contributed by atoms with E-state index >= 15 is 0 Å². The number of benzene rings is 2. The Morgan fingerprint density at radius 3 is 2.44 bits per heavy atom. The molecule has 1 heterocycles. The molecule has 0 unspecified atom stereocenters. The van der Waals surface area contributed by atoms with Gasteiger partial charge in [0.25, 0.3) is 0 Å². The highest BCUT2D eigenvalue weighted by Crippen LogP contribution is 2.25. The third kappa shape index (κ3) is 1.47. The fourth-order valence-corrected chi connectivity index (χ4v) is 1.88. The highest BCUT2D eigenvalue weighted by molar-refractivity contribution is 5.93. The van der Waals surface area contributed by atoms with Crippen LogP contribution < -0.4 is 0 Å². The first kappa shape index (κ1) is 9.10. The van der Waals surface area contributed by atoms with Gasteiger partial charge in [-0.3, -0.25) is 4.98 Å². The number of nitrogens with zero attached hydrogens (tertiary/aromatic N) is 1. The molecule has 0 aliphatic carbocycles. The zero-order chi connectivity index (χ0) is 10.8. The standard InChI is InChI=1S/C15H10N/c1-2-7-13(8-3-1)15-14-9-5-4-6-12(14)10-11-16-15/h1-9,11H. The molecule has 0 saturated carbocycles. The summed E-state index contributed by atoms with van der Waals surface area (Å²) in [4.78, 5) is 4.42. The van der Waals surface area contributed by atoms with Crippen LogP contribution in [0.1, 0.15) is 0 Å². The Bertz CT molecular complexity index is 609. The predicted octanol–water partition coefficient (Wildman–Crippen LogP) is 3.70. The van der Waals surface area contributed by atoms with Gasteiger partial charge < -0.3 is 0 Å². The first-order valence-electron chi connectivity index (χ1n) is 5.26. The molecule has 0 spiro atoms. The van der Waals surface area contributed by atoms with E-state index in [1.54, 1.807) is 6.20 Å². The lowest BCUT2D eigenvalue weighted by atomic mass is 10.0. The first-order valence-corrected chi connectivity index (χ1v) is 5.26. The molecule has 1 heteroatoms. The summed E-state index contributed by atoms with van der Waals surface area (Å²) in [6.45, 7) is 0. The Morgan fingerprint density at radius 1 is 0.812 bits per heavy atom. The molecule has 1 radical (unpaired) electrons. The molecule has 0 atom stereocenters. The van der Waals surface area contributed by atoms with E-state index in [1.165, 1.54) is 0 Å². The monoisotopic (exact) mass is 204 g/mol. The molecule has 2 aromatic carbocycles. The van der Waals surface area contributed by atoms with E-state index in [9.17, 15) is 0 Å². The second-order valence-corrected chi connectivity index (χ2v) is 3.66. The van der Waals surface area contributed by atoms with Crippen LogP contribution in [0.2, 0.25) is 0 Å². The highest BCUT2D eigenvalue weighted by atomic mass is 14.7. The zero-order valence-electron chi connectivity index (χ0n) is 8.72. The van der Waals surface area contributed by atoms with Crippen LogP contribution in [0.4, 0.5) is 0 Å². The van der Waals surface area contributed by atoms with Gasteiger partial charge in [0, 0.05) is 23.2 Å². The van der Waals surface area contributed by atoms with E-state index in [-0.39, 0.29) is 0 Å². The van der Waals surface area contributed by atoms with Gasteiger partial charge in [-0.1, -0.05) is 54.6 Å². The minimum Gasteiger partial charge on any atom is -0.255 e. The van der Waals surface area contributed by atoms with Gasteiger partial charge in [0.15, 0.2) is 0 Å². The van der Waals surface area contributed by atoms with Gasteiger partial charge in [-0.05, 0) is 5.39 Å². The lowest BCUT2D eigenvalue weighted by Crippen LogP contribution is -1.85. The second kappa shape index (κ2) is 3.78. The summed E-state index contributed by atoms with van der Waals surface area (Å²) < 4.78 is 0. The Morgan fingerprint density at radius 2 is 1.56 bits per heavy atom. The summed E-state index contributed by atoms with van der Waals surface area (Å²) >= 11 is 0. The van der Waals surface area contributed by atoms with Crippen molar-refractivity contribution in [2.75, 3.05) is 0 Å². The fraction of sp³-hybridized carbons (Fsp3) is 0. The van der Waals surface area contributed by atoms with Crippen molar-refractivity contribution in [1.29, 1.82) is 0 Å². The number of hydrogen-bond donors (Lipinski definition) is 0. The van der Waals surface area contributed by atoms with Crippen molar-refractivity contribution in [1.82, 2.24) is 4.98 Å². The maximum atomic E-state index is 4.42. The van der Waals surface area contributed by atoms with Gasteiger partial charge in [-0.25, -0.2) is 0 Å². The molecule has 0 amide bonds. The maximum absolute atomic E-state index is 4.42. The van der Waals surface area contributed by atoms with Crippen molar-refractivity contribution >= 4 is 10.8 Å². The van der Waals surface area contributed by atoms with Crippen molar-refractivity contribution in [2.24, 2.45) is 0 Å². The molecule has 0 aliphatic rings. The average molecular weight is 204 g/mol. The molecule has 0 fully saturated rings. The zero-order valence-corrected chi connectivity index (χ0v) is 8.72. The van der Waals surface area contributed by atoms with Gasteiger partial charge in [0.1, 0.15) is 0 Å². The van der Waals surface area contributed by atoms with Crippen molar-refractivity contribution in [3.05, 3.63) is 66.9 Å². The number of aromatic nitrogens is 1. The minimum atomic E-state index is 1.02. The number of rotatable bonds is 1. The van der Waals surface area contributed by atoms with Gasteiger partial charge in [-0.2, -0.15) is 0 Å². The molecule has 0 bridgehead atoms. The van der Waals surface area contributed by atoms with E-state index in [0.717, 1.165) is 22.0 Å². The smallest absolute Gasteiger partial charge is 0.0780 e. The van der Waals surface area contributed by atoms with Crippen molar-refractivity contribution in [2.45, 2.75) is 0 Å². The molecule has 3 rings (SSSR count). The lowest BCUT2D eigenvalue weighted by molar-refractivity contribution is 1.35. The molecule has 1 aromatic heterocycles. The third-order valence-corrected chi connectivity index (χ3v) is 2.64. The van der Waals surface area contributed by atoms with Crippen molar-refractivity contribution in [3.63, 3.8) is 0 Å². The second-order valence-electron chi connectivity index (χ2n) is 3.66. The SMILES string of the molecule is [c]1cnc(-c2ccccc2)c2ccccc12. The van der Waals surface area contributed by atoms with Crippen LogP contribution in [-0.2, 0) is 0 Å². The van der Waals surface area contributed by atoms with Crippen LogP contribution in [0.15, 0.2) is 60.8 Å². The average Bonchev–Trinajstić information content (AvgIpc) is 2.39. The molecule has 3 aromatic rings. The number of hydrogen-bond acceptors (Lipinski definition) is 1. The molecule has 16 heavy (non-hydrogen) atoms. The van der Waals surface area contributed by atoms with E-state index in [4.69, 9.17) is 0 Å². The van der Waals surface area contributed by atoms with E-state index in [2.05, 4.69) is 35.3 Å². The summed E-state index contributed by atoms with van der Waals surface area (Å²) in [5.41, 5.74) is 2.17. The van der Waals surface area contributed by atoms with Crippen LogP contribution in [0.25, 0.3) is 22.0 Å². The Kier molecular flexibility index (Phi) is 2.15. The van der Waals surface area contributed by atoms with Crippen LogP contribution >= 0.6 is 0 Å². The minimum absolute atomic E-state index is 1.02. The van der Waals surface area contributed by atoms with Crippen LogP contribution in [0.3, 0.4) is 0 Å². The molecule has 75 valence electrons. The summed E-state index contributed by atoms with van der Waals surface area (Å²) in [5, 5.41) is 2.26. The van der Waals surface area contributed by atoms with Gasteiger partial charge in [0.2, 0.25) is 0 Å². The fourth-order valence-electron chi connectivity index (χ4n) is 1.88. The van der Waals surface area contributed by atoms with Crippen molar-refractivity contribution in [3.8, 4) is 11.3 Å².